The van der Waals surface area contributed by atoms with Crippen LogP contribution in [0.4, 0.5) is 11.5 Å². The van der Waals surface area contributed by atoms with Gasteiger partial charge in [0.05, 0.1) is 5.39 Å². The van der Waals surface area contributed by atoms with Gasteiger partial charge in [0.15, 0.2) is 0 Å². The Labute approximate surface area is 157 Å². The van der Waals surface area contributed by atoms with E-state index in [9.17, 15) is 4.79 Å². The van der Waals surface area contributed by atoms with Gasteiger partial charge in [-0.2, -0.15) is 0 Å². The van der Waals surface area contributed by atoms with Crippen molar-refractivity contribution in [3.8, 4) is 0 Å². The summed E-state index contributed by atoms with van der Waals surface area (Å²) < 4.78 is 0. The van der Waals surface area contributed by atoms with Crippen LogP contribution >= 0.6 is 0 Å². The Bertz CT molecular complexity index is 1130. The van der Waals surface area contributed by atoms with Gasteiger partial charge in [0, 0.05) is 29.0 Å². The average Bonchev–Trinajstić information content (AvgIpc) is 2.71. The Hall–Kier alpha value is -3.66. The summed E-state index contributed by atoms with van der Waals surface area (Å²) in [5.41, 5.74) is 2.90. The SMILES string of the molecule is O=c1[nH]ccc2c(C=CCc3ccccc3)cnc(Nc3ccccc3)c12. The zero-order chi connectivity index (χ0) is 18.5. The summed E-state index contributed by atoms with van der Waals surface area (Å²) in [5, 5.41) is 4.67. The first kappa shape index (κ1) is 16.8. The van der Waals surface area contributed by atoms with Crippen LogP contribution in [0.25, 0.3) is 16.8 Å². The van der Waals surface area contributed by atoms with Crippen molar-refractivity contribution in [3.63, 3.8) is 0 Å². The number of benzene rings is 2. The fraction of sp³-hybridized carbons (Fsp3) is 0.0435. The molecule has 0 unspecified atom stereocenters. The number of fused-ring (bicyclic) bond motifs is 1. The largest absolute Gasteiger partial charge is 0.340 e. The van der Waals surface area contributed by atoms with Gasteiger partial charge in [-0.15, -0.1) is 0 Å². The van der Waals surface area contributed by atoms with E-state index in [0.717, 1.165) is 23.1 Å². The summed E-state index contributed by atoms with van der Waals surface area (Å²) in [6.07, 6.45) is 8.42. The normalized spacial score (nSPS) is 11.1. The fourth-order valence-electron chi connectivity index (χ4n) is 3.04. The molecule has 4 aromatic rings. The summed E-state index contributed by atoms with van der Waals surface area (Å²) in [4.78, 5) is 19.7. The molecule has 0 spiro atoms. The van der Waals surface area contributed by atoms with E-state index < -0.39 is 0 Å². The third-order valence-electron chi connectivity index (χ3n) is 4.37. The number of anilines is 2. The molecule has 0 saturated carbocycles. The van der Waals surface area contributed by atoms with Crippen LogP contribution in [0.1, 0.15) is 11.1 Å². The lowest BCUT2D eigenvalue weighted by Crippen LogP contribution is -2.09. The van der Waals surface area contributed by atoms with Crippen molar-refractivity contribution >= 4 is 28.4 Å². The number of nitrogens with one attached hydrogen (secondary N) is 2. The predicted octanol–water partition coefficient (Wildman–Crippen LogP) is 4.92. The maximum absolute atomic E-state index is 12.5. The average molecular weight is 353 g/mol. The number of hydrogen-bond donors (Lipinski definition) is 2. The number of H-pyrrole nitrogens is 1. The number of nitrogens with zero attached hydrogens (tertiary/aromatic N) is 1. The maximum atomic E-state index is 12.5. The minimum absolute atomic E-state index is 0.156. The molecule has 2 aromatic carbocycles. The molecule has 0 aliphatic heterocycles. The number of aromatic amines is 1. The van der Waals surface area contributed by atoms with Crippen LogP contribution < -0.4 is 10.9 Å². The van der Waals surface area contributed by atoms with Gasteiger partial charge in [-0.1, -0.05) is 60.7 Å². The van der Waals surface area contributed by atoms with Gasteiger partial charge in [-0.05, 0) is 30.2 Å². The van der Waals surface area contributed by atoms with E-state index in [1.807, 2.05) is 60.7 Å². The smallest absolute Gasteiger partial charge is 0.259 e. The Kier molecular flexibility index (Phi) is 4.79. The molecule has 2 heterocycles. The molecule has 0 atom stereocenters. The van der Waals surface area contributed by atoms with E-state index in [0.29, 0.717) is 11.2 Å². The zero-order valence-corrected chi connectivity index (χ0v) is 14.7. The molecular formula is C23H19N3O. The lowest BCUT2D eigenvalue weighted by atomic mass is 10.1. The second-order valence-electron chi connectivity index (χ2n) is 6.24. The number of allylic oxidation sites excluding steroid dienone is 1. The van der Waals surface area contributed by atoms with E-state index in [-0.39, 0.29) is 5.56 Å². The molecule has 4 nitrogen and oxygen atoms in total. The van der Waals surface area contributed by atoms with Crippen LogP contribution in [0, 0.1) is 0 Å². The first-order valence-corrected chi connectivity index (χ1v) is 8.84. The van der Waals surface area contributed by atoms with Crippen molar-refractivity contribution in [2.24, 2.45) is 0 Å². The first-order valence-electron chi connectivity index (χ1n) is 8.84. The minimum atomic E-state index is -0.156. The van der Waals surface area contributed by atoms with Crippen molar-refractivity contribution in [1.29, 1.82) is 0 Å². The van der Waals surface area contributed by atoms with Crippen molar-refractivity contribution in [2.45, 2.75) is 6.42 Å². The van der Waals surface area contributed by atoms with Crippen molar-refractivity contribution < 1.29 is 0 Å². The second kappa shape index (κ2) is 7.70. The highest BCUT2D eigenvalue weighted by Gasteiger charge is 2.10. The van der Waals surface area contributed by atoms with Crippen LogP contribution in [0.5, 0.6) is 0 Å². The topological polar surface area (TPSA) is 57.8 Å². The summed E-state index contributed by atoms with van der Waals surface area (Å²) in [5.74, 6) is 0.554. The molecule has 0 bridgehead atoms. The fourth-order valence-corrected chi connectivity index (χ4v) is 3.04. The third kappa shape index (κ3) is 3.80. The van der Waals surface area contributed by atoms with E-state index in [4.69, 9.17) is 0 Å². The second-order valence-corrected chi connectivity index (χ2v) is 6.24. The maximum Gasteiger partial charge on any atom is 0.259 e. The number of hydrogen-bond acceptors (Lipinski definition) is 3. The molecule has 0 aliphatic carbocycles. The van der Waals surface area contributed by atoms with Crippen molar-refractivity contribution in [1.82, 2.24) is 9.97 Å². The number of para-hydroxylation sites is 1. The molecule has 4 heteroatoms. The Morgan fingerprint density at radius 3 is 2.48 bits per heavy atom. The zero-order valence-electron chi connectivity index (χ0n) is 14.7. The van der Waals surface area contributed by atoms with Gasteiger partial charge in [-0.25, -0.2) is 4.98 Å². The Morgan fingerprint density at radius 1 is 0.963 bits per heavy atom. The Morgan fingerprint density at radius 2 is 1.70 bits per heavy atom. The van der Waals surface area contributed by atoms with Crippen LogP contribution in [-0.2, 0) is 6.42 Å². The van der Waals surface area contributed by atoms with E-state index in [1.54, 1.807) is 12.4 Å². The highest BCUT2D eigenvalue weighted by atomic mass is 16.1. The number of aromatic nitrogens is 2. The van der Waals surface area contributed by atoms with Gasteiger partial charge in [0.1, 0.15) is 5.82 Å². The summed E-state index contributed by atoms with van der Waals surface area (Å²) in [6.45, 7) is 0. The third-order valence-corrected chi connectivity index (χ3v) is 4.37. The highest BCUT2D eigenvalue weighted by molar-refractivity contribution is 5.97. The summed E-state index contributed by atoms with van der Waals surface area (Å²) in [6, 6.07) is 21.9. The van der Waals surface area contributed by atoms with Gasteiger partial charge < -0.3 is 10.3 Å². The standard InChI is InChI=1S/C23H19N3O/c27-23-21-20(14-15-24-23)18(11-7-10-17-8-3-1-4-9-17)16-25-22(21)26-19-12-5-2-6-13-19/h1-9,11-16H,10H2,(H,24,27)(H,25,26). The molecule has 0 radical (unpaired) electrons. The van der Waals surface area contributed by atoms with E-state index >= 15 is 0 Å². The molecule has 2 N–H and O–H groups in total. The monoisotopic (exact) mass is 353 g/mol. The van der Waals surface area contributed by atoms with Crippen molar-refractivity contribution in [2.75, 3.05) is 5.32 Å². The molecule has 132 valence electrons. The van der Waals surface area contributed by atoms with Gasteiger partial charge in [0.2, 0.25) is 0 Å². The number of rotatable bonds is 5. The van der Waals surface area contributed by atoms with Crippen LogP contribution in [-0.4, -0.2) is 9.97 Å². The minimum Gasteiger partial charge on any atom is -0.340 e. The van der Waals surface area contributed by atoms with Gasteiger partial charge in [-0.3, -0.25) is 4.79 Å². The molecule has 4 rings (SSSR count). The summed E-state index contributed by atoms with van der Waals surface area (Å²) in [7, 11) is 0. The van der Waals surface area contributed by atoms with Crippen LogP contribution in [0.15, 0.2) is 90.0 Å². The number of pyridine rings is 2. The summed E-state index contributed by atoms with van der Waals surface area (Å²) >= 11 is 0. The molecule has 2 aromatic heterocycles. The van der Waals surface area contributed by atoms with Crippen LogP contribution in [0.2, 0.25) is 0 Å². The van der Waals surface area contributed by atoms with Crippen molar-refractivity contribution in [3.05, 3.63) is 107 Å². The first-order chi connectivity index (χ1) is 13.3. The van der Waals surface area contributed by atoms with E-state index in [2.05, 4.69) is 33.5 Å². The Balaban J connectivity index is 1.70. The molecule has 0 amide bonds. The quantitative estimate of drug-likeness (QED) is 0.535. The predicted molar refractivity (Wildman–Crippen MR) is 111 cm³/mol. The van der Waals surface area contributed by atoms with Gasteiger partial charge in [0.25, 0.3) is 5.56 Å². The highest BCUT2D eigenvalue weighted by Crippen LogP contribution is 2.25. The molecule has 27 heavy (non-hydrogen) atoms. The molecule has 0 saturated heterocycles. The van der Waals surface area contributed by atoms with Gasteiger partial charge >= 0.3 is 0 Å². The molecule has 0 fully saturated rings. The lowest BCUT2D eigenvalue weighted by molar-refractivity contribution is 1.25. The van der Waals surface area contributed by atoms with Crippen LogP contribution in [0.3, 0.4) is 0 Å². The molecule has 0 aliphatic rings. The van der Waals surface area contributed by atoms with E-state index in [1.165, 1.54) is 5.56 Å². The molecular weight excluding hydrogens is 334 g/mol. The lowest BCUT2D eigenvalue weighted by Gasteiger charge is -2.10.